The Morgan fingerprint density at radius 3 is 2.65 bits per heavy atom. The molecule has 17 heavy (non-hydrogen) atoms. The van der Waals surface area contributed by atoms with Crippen molar-refractivity contribution in [1.82, 2.24) is 4.98 Å². The van der Waals surface area contributed by atoms with Crippen molar-refractivity contribution in [2.75, 3.05) is 5.75 Å². The van der Waals surface area contributed by atoms with Crippen molar-refractivity contribution in [1.29, 1.82) is 0 Å². The van der Waals surface area contributed by atoms with Crippen molar-refractivity contribution in [2.24, 2.45) is 0 Å². The molecule has 6 heteroatoms. The van der Waals surface area contributed by atoms with Crippen LogP contribution in [0.1, 0.15) is 24.3 Å². The standard InChI is InChI=1S/C11H15NO4S/c1-6-8(3-4-10(15)12-6)11(16)9(14)5-17-7(2)13/h3-4,9,11,14,16H,5H2,1-2H3,(H,12,15). The molecule has 0 saturated heterocycles. The van der Waals surface area contributed by atoms with Gasteiger partial charge in [-0.1, -0.05) is 11.8 Å². The van der Waals surface area contributed by atoms with Gasteiger partial charge in [0.05, 0.1) is 6.10 Å². The number of aryl methyl sites for hydroxylation is 1. The number of aliphatic hydroxyl groups excluding tert-OH is 2. The fraction of sp³-hybridized carbons (Fsp3) is 0.455. The van der Waals surface area contributed by atoms with Crippen molar-refractivity contribution in [3.8, 4) is 0 Å². The first kappa shape index (κ1) is 14.0. The lowest BCUT2D eigenvalue weighted by atomic mass is 10.0. The van der Waals surface area contributed by atoms with Crippen LogP contribution in [0, 0.1) is 6.92 Å². The first-order chi connectivity index (χ1) is 7.91. The number of thioether (sulfide) groups is 1. The lowest BCUT2D eigenvalue weighted by molar-refractivity contribution is -0.109. The van der Waals surface area contributed by atoms with Crippen LogP contribution in [-0.4, -0.2) is 32.2 Å². The van der Waals surface area contributed by atoms with Crippen LogP contribution in [0.5, 0.6) is 0 Å². The number of hydrogen-bond donors (Lipinski definition) is 3. The fourth-order valence-electron chi connectivity index (χ4n) is 1.41. The van der Waals surface area contributed by atoms with Gasteiger partial charge in [0.2, 0.25) is 5.56 Å². The van der Waals surface area contributed by atoms with Gasteiger partial charge in [0, 0.05) is 30.0 Å². The van der Waals surface area contributed by atoms with E-state index in [2.05, 4.69) is 4.98 Å². The minimum absolute atomic E-state index is 0.116. The Kier molecular flexibility index (Phi) is 4.92. The van der Waals surface area contributed by atoms with Crippen LogP contribution in [0.15, 0.2) is 16.9 Å². The van der Waals surface area contributed by atoms with Crippen molar-refractivity contribution < 1.29 is 15.0 Å². The monoisotopic (exact) mass is 257 g/mol. The number of H-pyrrole nitrogens is 1. The molecule has 0 aliphatic carbocycles. The summed E-state index contributed by atoms with van der Waals surface area (Å²) >= 11 is 0.951. The molecule has 1 aromatic rings. The quantitative estimate of drug-likeness (QED) is 0.724. The minimum Gasteiger partial charge on any atom is -0.389 e. The van der Waals surface area contributed by atoms with Gasteiger partial charge in [-0.2, -0.15) is 0 Å². The summed E-state index contributed by atoms with van der Waals surface area (Å²) in [6.07, 6.45) is -2.16. The lowest BCUT2D eigenvalue weighted by Gasteiger charge is -2.18. The van der Waals surface area contributed by atoms with Crippen LogP contribution in [0.25, 0.3) is 0 Å². The number of aromatic nitrogens is 1. The zero-order valence-electron chi connectivity index (χ0n) is 9.64. The first-order valence-electron chi connectivity index (χ1n) is 5.11. The molecular formula is C11H15NO4S. The molecule has 0 radical (unpaired) electrons. The van der Waals surface area contributed by atoms with Crippen molar-refractivity contribution in [3.05, 3.63) is 33.7 Å². The van der Waals surface area contributed by atoms with Gasteiger partial charge in [0.15, 0.2) is 5.12 Å². The molecule has 0 saturated carbocycles. The zero-order chi connectivity index (χ0) is 13.0. The van der Waals surface area contributed by atoms with E-state index in [1.807, 2.05) is 0 Å². The molecule has 0 amide bonds. The second-order valence-corrected chi connectivity index (χ2v) is 4.91. The molecule has 1 aromatic heterocycles. The van der Waals surface area contributed by atoms with Gasteiger partial charge in [-0.05, 0) is 13.0 Å². The molecule has 0 fully saturated rings. The predicted molar refractivity (Wildman–Crippen MR) is 65.9 cm³/mol. The highest BCUT2D eigenvalue weighted by atomic mass is 32.2. The third-order valence-electron chi connectivity index (χ3n) is 2.30. The second-order valence-electron chi connectivity index (χ2n) is 3.72. The van der Waals surface area contributed by atoms with Crippen molar-refractivity contribution in [2.45, 2.75) is 26.1 Å². The summed E-state index contributed by atoms with van der Waals surface area (Å²) in [4.78, 5) is 24.3. The smallest absolute Gasteiger partial charge is 0.248 e. The first-order valence-corrected chi connectivity index (χ1v) is 6.09. The van der Waals surface area contributed by atoms with Crippen LogP contribution in [-0.2, 0) is 4.79 Å². The number of aromatic amines is 1. The molecule has 1 rings (SSSR count). The molecule has 0 spiro atoms. The molecule has 1 heterocycles. The molecule has 2 unspecified atom stereocenters. The van der Waals surface area contributed by atoms with Gasteiger partial charge in [-0.25, -0.2) is 0 Å². The van der Waals surface area contributed by atoms with Gasteiger partial charge in [-0.15, -0.1) is 0 Å². The van der Waals surface area contributed by atoms with E-state index in [-0.39, 0.29) is 16.4 Å². The molecular weight excluding hydrogens is 242 g/mol. The highest BCUT2D eigenvalue weighted by Gasteiger charge is 2.20. The summed E-state index contributed by atoms with van der Waals surface area (Å²) in [5, 5.41) is 19.5. The van der Waals surface area contributed by atoms with Crippen LogP contribution < -0.4 is 5.56 Å². The highest BCUT2D eigenvalue weighted by molar-refractivity contribution is 8.13. The van der Waals surface area contributed by atoms with Gasteiger partial charge >= 0.3 is 0 Å². The number of nitrogens with one attached hydrogen (secondary N) is 1. The normalized spacial score (nSPS) is 14.4. The number of rotatable bonds is 4. The zero-order valence-corrected chi connectivity index (χ0v) is 10.5. The Balaban J connectivity index is 2.77. The Morgan fingerprint density at radius 2 is 2.12 bits per heavy atom. The van der Waals surface area contributed by atoms with Crippen molar-refractivity contribution >= 4 is 16.9 Å². The van der Waals surface area contributed by atoms with E-state index < -0.39 is 12.2 Å². The number of hydrogen-bond acceptors (Lipinski definition) is 5. The van der Waals surface area contributed by atoms with Crippen LogP contribution in [0.2, 0.25) is 0 Å². The number of carbonyl (C=O) groups excluding carboxylic acids is 1. The molecule has 94 valence electrons. The molecule has 0 aliphatic heterocycles. The third-order valence-corrected chi connectivity index (χ3v) is 3.21. The molecule has 5 nitrogen and oxygen atoms in total. The van der Waals surface area contributed by atoms with Gasteiger partial charge < -0.3 is 15.2 Å². The maximum Gasteiger partial charge on any atom is 0.248 e. The molecule has 0 bridgehead atoms. The summed E-state index contributed by atoms with van der Waals surface area (Å²) in [7, 11) is 0. The van der Waals surface area contributed by atoms with E-state index in [9.17, 15) is 19.8 Å². The Bertz CT molecular complexity index is 457. The summed E-state index contributed by atoms with van der Waals surface area (Å²) < 4.78 is 0. The summed E-state index contributed by atoms with van der Waals surface area (Å²) in [5.74, 6) is 0.120. The van der Waals surface area contributed by atoms with Gasteiger partial charge in [-0.3, -0.25) is 9.59 Å². The Morgan fingerprint density at radius 1 is 1.47 bits per heavy atom. The largest absolute Gasteiger partial charge is 0.389 e. The minimum atomic E-state index is -1.11. The van der Waals surface area contributed by atoms with E-state index in [1.165, 1.54) is 19.1 Å². The Labute approximate surface area is 103 Å². The van der Waals surface area contributed by atoms with E-state index in [0.717, 1.165) is 11.8 Å². The number of aliphatic hydroxyl groups is 2. The summed E-state index contributed by atoms with van der Waals surface area (Å²) in [6, 6.07) is 2.76. The predicted octanol–water partition coefficient (Wildman–Crippen LogP) is 0.357. The van der Waals surface area contributed by atoms with E-state index in [4.69, 9.17) is 0 Å². The summed E-state index contributed by atoms with van der Waals surface area (Å²) in [5.41, 5.74) is 0.712. The molecule has 0 aliphatic rings. The number of pyridine rings is 1. The molecule has 3 N–H and O–H groups in total. The molecule has 2 atom stereocenters. The van der Waals surface area contributed by atoms with Crippen molar-refractivity contribution in [3.63, 3.8) is 0 Å². The Hall–Kier alpha value is -1.11. The third kappa shape index (κ3) is 3.99. The maximum absolute atomic E-state index is 11.0. The van der Waals surface area contributed by atoms with Crippen LogP contribution in [0.3, 0.4) is 0 Å². The molecule has 0 aromatic carbocycles. The topological polar surface area (TPSA) is 90.4 Å². The van der Waals surface area contributed by atoms with Crippen LogP contribution >= 0.6 is 11.8 Å². The van der Waals surface area contributed by atoms with E-state index >= 15 is 0 Å². The lowest BCUT2D eigenvalue weighted by Crippen LogP contribution is -2.23. The van der Waals surface area contributed by atoms with E-state index in [0.29, 0.717) is 11.3 Å². The van der Waals surface area contributed by atoms with Gasteiger partial charge in [0.1, 0.15) is 6.10 Å². The average Bonchev–Trinajstić information content (AvgIpc) is 2.25. The van der Waals surface area contributed by atoms with Crippen LogP contribution in [0.4, 0.5) is 0 Å². The highest BCUT2D eigenvalue weighted by Crippen LogP contribution is 2.21. The summed E-state index contributed by atoms with van der Waals surface area (Å²) in [6.45, 7) is 3.04. The maximum atomic E-state index is 11.0. The van der Waals surface area contributed by atoms with E-state index in [1.54, 1.807) is 6.92 Å². The van der Waals surface area contributed by atoms with Gasteiger partial charge in [0.25, 0.3) is 0 Å². The SMILES string of the molecule is CC(=O)SCC(O)C(O)c1ccc(=O)[nH]c1C. The fourth-order valence-corrected chi connectivity index (χ4v) is 2.00. The number of carbonyl (C=O) groups is 1. The average molecular weight is 257 g/mol. The second kappa shape index (κ2) is 6.00.